The van der Waals surface area contributed by atoms with Crippen molar-refractivity contribution in [2.45, 2.75) is 31.3 Å². The average molecular weight is 222 g/mol. The highest BCUT2D eigenvalue weighted by Gasteiger charge is 2.34. The molecule has 1 aliphatic rings. The number of rotatable bonds is 2. The largest absolute Gasteiger partial charge is 0.481 e. The second kappa shape index (κ2) is 3.86. The molecule has 6 heteroatoms. The van der Waals surface area contributed by atoms with Gasteiger partial charge in [0.25, 0.3) is 0 Å². The molecule has 1 atom stereocenters. The van der Waals surface area contributed by atoms with Gasteiger partial charge in [-0.25, -0.2) is 8.42 Å². The molecule has 0 radical (unpaired) electrons. The van der Waals surface area contributed by atoms with Gasteiger partial charge in [0.2, 0.25) is 0 Å². The normalized spacial score (nSPS) is 32.1. The second-order valence-corrected chi connectivity index (χ2v) is 6.10. The molecule has 0 saturated carbocycles. The fraction of sp³-hybridized carbons (Fsp3) is 0.875. The SMILES string of the molecule is O=C(O)CC1(O)CCCS(=O)(=O)CC1. The predicted octanol–water partition coefficient (Wildman–Crippen LogP) is -0.209. The monoisotopic (exact) mass is 222 g/mol. The van der Waals surface area contributed by atoms with E-state index in [1.54, 1.807) is 0 Å². The third-order valence-electron chi connectivity index (χ3n) is 2.46. The van der Waals surface area contributed by atoms with Gasteiger partial charge in [-0.3, -0.25) is 4.79 Å². The van der Waals surface area contributed by atoms with E-state index in [-0.39, 0.29) is 30.8 Å². The lowest BCUT2D eigenvalue weighted by Gasteiger charge is -2.23. The molecule has 82 valence electrons. The summed E-state index contributed by atoms with van der Waals surface area (Å²) in [6, 6.07) is 0. The zero-order valence-corrected chi connectivity index (χ0v) is 8.59. The molecule has 0 aromatic rings. The lowest BCUT2D eigenvalue weighted by molar-refractivity contribution is -0.142. The fourth-order valence-corrected chi connectivity index (χ4v) is 3.13. The maximum Gasteiger partial charge on any atom is 0.306 e. The first-order valence-electron chi connectivity index (χ1n) is 4.48. The molecule has 0 aromatic carbocycles. The lowest BCUT2D eigenvalue weighted by Crippen LogP contribution is -2.32. The van der Waals surface area contributed by atoms with Crippen LogP contribution in [0.25, 0.3) is 0 Å². The minimum absolute atomic E-state index is 0.0294. The quantitative estimate of drug-likeness (QED) is 0.674. The minimum atomic E-state index is -3.08. The Balaban J connectivity index is 2.69. The summed E-state index contributed by atoms with van der Waals surface area (Å²) in [5.74, 6) is -1.15. The molecule has 0 aliphatic carbocycles. The molecular formula is C8H14O5S. The number of carbonyl (C=O) groups is 1. The van der Waals surface area contributed by atoms with Gasteiger partial charge in [-0.05, 0) is 19.3 Å². The van der Waals surface area contributed by atoms with Gasteiger partial charge < -0.3 is 10.2 Å². The van der Waals surface area contributed by atoms with Crippen LogP contribution in [-0.2, 0) is 14.6 Å². The van der Waals surface area contributed by atoms with Gasteiger partial charge in [0, 0.05) is 0 Å². The Morgan fingerprint density at radius 1 is 1.29 bits per heavy atom. The number of aliphatic hydroxyl groups is 1. The Kier molecular flexibility index (Phi) is 3.16. The summed E-state index contributed by atoms with van der Waals surface area (Å²) in [7, 11) is -3.08. The molecule has 0 aromatic heterocycles. The first-order valence-corrected chi connectivity index (χ1v) is 6.30. The van der Waals surface area contributed by atoms with Crippen molar-refractivity contribution >= 4 is 15.8 Å². The van der Waals surface area contributed by atoms with Crippen LogP contribution in [0.4, 0.5) is 0 Å². The summed E-state index contributed by atoms with van der Waals surface area (Å²) in [4.78, 5) is 10.4. The van der Waals surface area contributed by atoms with Crippen LogP contribution in [0, 0.1) is 0 Å². The number of carboxylic acids is 1. The zero-order chi connectivity index (χ0) is 10.8. The van der Waals surface area contributed by atoms with Crippen LogP contribution in [0.2, 0.25) is 0 Å². The molecule has 0 bridgehead atoms. The highest BCUT2D eigenvalue weighted by molar-refractivity contribution is 7.91. The maximum absolute atomic E-state index is 11.2. The summed E-state index contributed by atoms with van der Waals surface area (Å²) in [6.45, 7) is 0. The van der Waals surface area contributed by atoms with Gasteiger partial charge in [-0.1, -0.05) is 0 Å². The number of aliphatic carboxylic acids is 1. The molecule has 0 spiro atoms. The van der Waals surface area contributed by atoms with Crippen LogP contribution < -0.4 is 0 Å². The molecule has 1 saturated heterocycles. The highest BCUT2D eigenvalue weighted by Crippen LogP contribution is 2.26. The Labute approximate surface area is 82.7 Å². The van der Waals surface area contributed by atoms with Crippen LogP contribution in [0.15, 0.2) is 0 Å². The average Bonchev–Trinajstić information content (AvgIpc) is 2.10. The van der Waals surface area contributed by atoms with Crippen LogP contribution in [-0.4, -0.2) is 41.7 Å². The van der Waals surface area contributed by atoms with Gasteiger partial charge in [0.1, 0.15) is 9.84 Å². The number of sulfone groups is 1. The predicted molar refractivity (Wildman–Crippen MR) is 49.7 cm³/mol. The third kappa shape index (κ3) is 3.26. The first kappa shape index (κ1) is 11.5. The van der Waals surface area contributed by atoms with Gasteiger partial charge in [-0.15, -0.1) is 0 Å². The second-order valence-electron chi connectivity index (χ2n) is 3.80. The fourth-order valence-electron chi connectivity index (χ4n) is 1.65. The van der Waals surface area contributed by atoms with Crippen molar-refractivity contribution in [1.82, 2.24) is 0 Å². The van der Waals surface area contributed by atoms with E-state index in [1.807, 2.05) is 0 Å². The van der Waals surface area contributed by atoms with E-state index in [9.17, 15) is 18.3 Å². The minimum Gasteiger partial charge on any atom is -0.481 e. The van der Waals surface area contributed by atoms with Crippen molar-refractivity contribution in [1.29, 1.82) is 0 Å². The summed E-state index contributed by atoms with van der Waals surface area (Å²) < 4.78 is 22.4. The lowest BCUT2D eigenvalue weighted by atomic mass is 9.91. The van der Waals surface area contributed by atoms with E-state index < -0.39 is 21.4 Å². The molecule has 1 rings (SSSR count). The van der Waals surface area contributed by atoms with Crippen molar-refractivity contribution in [3.63, 3.8) is 0 Å². The Morgan fingerprint density at radius 2 is 1.93 bits per heavy atom. The third-order valence-corrected chi connectivity index (χ3v) is 4.19. The smallest absolute Gasteiger partial charge is 0.306 e. The van der Waals surface area contributed by atoms with Crippen LogP contribution >= 0.6 is 0 Å². The molecule has 5 nitrogen and oxygen atoms in total. The molecule has 14 heavy (non-hydrogen) atoms. The molecule has 1 fully saturated rings. The Morgan fingerprint density at radius 3 is 2.50 bits per heavy atom. The number of hydrogen-bond acceptors (Lipinski definition) is 4. The summed E-state index contributed by atoms with van der Waals surface area (Å²) in [5.41, 5.74) is -1.34. The van der Waals surface area contributed by atoms with Crippen molar-refractivity contribution in [2.24, 2.45) is 0 Å². The first-order chi connectivity index (χ1) is 6.33. The van der Waals surface area contributed by atoms with Crippen molar-refractivity contribution in [3.8, 4) is 0 Å². The summed E-state index contributed by atoms with van der Waals surface area (Å²) >= 11 is 0. The molecule has 1 unspecified atom stereocenters. The van der Waals surface area contributed by atoms with Crippen LogP contribution in [0.5, 0.6) is 0 Å². The molecule has 0 amide bonds. The topological polar surface area (TPSA) is 91.7 Å². The van der Waals surface area contributed by atoms with Crippen LogP contribution in [0.3, 0.4) is 0 Å². The van der Waals surface area contributed by atoms with Crippen molar-refractivity contribution in [2.75, 3.05) is 11.5 Å². The van der Waals surface area contributed by atoms with Crippen molar-refractivity contribution < 1.29 is 23.4 Å². The van der Waals surface area contributed by atoms with E-state index in [0.29, 0.717) is 6.42 Å². The number of hydrogen-bond donors (Lipinski definition) is 2. The van der Waals surface area contributed by atoms with E-state index in [1.165, 1.54) is 0 Å². The highest BCUT2D eigenvalue weighted by atomic mass is 32.2. The van der Waals surface area contributed by atoms with Crippen LogP contribution in [0.1, 0.15) is 25.7 Å². The van der Waals surface area contributed by atoms with Crippen molar-refractivity contribution in [3.05, 3.63) is 0 Å². The van der Waals surface area contributed by atoms with E-state index >= 15 is 0 Å². The van der Waals surface area contributed by atoms with Gasteiger partial charge >= 0.3 is 5.97 Å². The summed E-state index contributed by atoms with van der Waals surface area (Å²) in [6.07, 6.45) is 0.245. The van der Waals surface area contributed by atoms with E-state index in [2.05, 4.69) is 0 Å². The standard InChI is InChI=1S/C8H14O5S/c9-7(10)6-8(11)2-1-4-14(12,13)5-3-8/h11H,1-6H2,(H,9,10). The molecule has 1 aliphatic heterocycles. The van der Waals surface area contributed by atoms with E-state index in [0.717, 1.165) is 0 Å². The number of carboxylic acid groups (broad SMARTS) is 1. The van der Waals surface area contributed by atoms with Gasteiger partial charge in [0.15, 0.2) is 0 Å². The maximum atomic E-state index is 11.2. The zero-order valence-electron chi connectivity index (χ0n) is 7.77. The Hall–Kier alpha value is -0.620. The molecule has 2 N–H and O–H groups in total. The molecular weight excluding hydrogens is 208 g/mol. The Bertz CT molecular complexity index is 321. The summed E-state index contributed by atoms with van der Waals surface area (Å²) in [5, 5.41) is 18.4. The molecule has 1 heterocycles. The van der Waals surface area contributed by atoms with E-state index in [4.69, 9.17) is 5.11 Å². The van der Waals surface area contributed by atoms with Gasteiger partial charge in [0.05, 0.1) is 23.5 Å². The van der Waals surface area contributed by atoms with Gasteiger partial charge in [-0.2, -0.15) is 0 Å².